The normalized spacial score (nSPS) is 20.7. The van der Waals surface area contributed by atoms with Gasteiger partial charge >= 0.3 is 0 Å². The number of carbonyl (C=O) groups excluding carboxylic acids is 1. The van der Waals surface area contributed by atoms with Gasteiger partial charge < -0.3 is 10.6 Å². The second-order valence-electron chi connectivity index (χ2n) is 6.52. The van der Waals surface area contributed by atoms with Crippen molar-refractivity contribution in [2.24, 2.45) is 5.41 Å². The Bertz CT molecular complexity index is 266. The average molecular weight is 292 g/mol. The van der Waals surface area contributed by atoms with Gasteiger partial charge in [-0.2, -0.15) is 0 Å². The van der Waals surface area contributed by atoms with Gasteiger partial charge in [0.1, 0.15) is 0 Å². The molecule has 1 amide bonds. The van der Waals surface area contributed by atoms with Crippen LogP contribution in [0.3, 0.4) is 0 Å². The zero-order valence-corrected chi connectivity index (χ0v) is 13.6. The Morgan fingerprint density at radius 1 is 1.37 bits per heavy atom. The summed E-state index contributed by atoms with van der Waals surface area (Å²) in [4.78, 5) is 14.1. The molecule has 1 heterocycles. The molecule has 1 aliphatic heterocycles. The van der Waals surface area contributed by atoms with Crippen molar-refractivity contribution < 1.29 is 4.79 Å². The van der Waals surface area contributed by atoms with Crippen molar-refractivity contribution in [3.8, 4) is 0 Å². The summed E-state index contributed by atoms with van der Waals surface area (Å²) in [6, 6.07) is 0.543. The molecule has 0 saturated carbocycles. The number of likely N-dealkylation sites (N-methyl/N-ethyl adjacent to an activating group) is 1. The summed E-state index contributed by atoms with van der Waals surface area (Å²) >= 11 is 0. The molecule has 0 aliphatic carbocycles. The van der Waals surface area contributed by atoms with E-state index in [0.29, 0.717) is 12.6 Å². The summed E-state index contributed by atoms with van der Waals surface area (Å²) in [6.45, 7) is 9.95. The number of halogens is 1. The highest BCUT2D eigenvalue weighted by Gasteiger charge is 2.20. The van der Waals surface area contributed by atoms with Crippen molar-refractivity contribution in [3.63, 3.8) is 0 Å². The largest absolute Gasteiger partial charge is 0.355 e. The number of hydrogen-bond acceptors (Lipinski definition) is 3. The van der Waals surface area contributed by atoms with Gasteiger partial charge in [-0.25, -0.2) is 0 Å². The number of hydrogen-bond donors (Lipinski definition) is 2. The highest BCUT2D eigenvalue weighted by molar-refractivity contribution is 5.85. The third-order valence-electron chi connectivity index (χ3n) is 3.48. The molecule has 1 saturated heterocycles. The van der Waals surface area contributed by atoms with Gasteiger partial charge in [0.25, 0.3) is 0 Å². The van der Waals surface area contributed by atoms with Gasteiger partial charge in [0, 0.05) is 19.1 Å². The van der Waals surface area contributed by atoms with E-state index in [4.69, 9.17) is 0 Å². The van der Waals surface area contributed by atoms with Crippen LogP contribution in [0, 0.1) is 5.41 Å². The van der Waals surface area contributed by atoms with Gasteiger partial charge in [0.15, 0.2) is 0 Å². The summed E-state index contributed by atoms with van der Waals surface area (Å²) in [7, 11) is 2.00. The van der Waals surface area contributed by atoms with Gasteiger partial charge in [0.05, 0.1) is 6.54 Å². The molecule has 0 aromatic carbocycles. The fourth-order valence-electron chi connectivity index (χ4n) is 2.27. The van der Waals surface area contributed by atoms with Crippen molar-refractivity contribution in [2.75, 3.05) is 33.2 Å². The van der Waals surface area contributed by atoms with Crippen molar-refractivity contribution in [2.45, 2.75) is 46.1 Å². The first-order chi connectivity index (χ1) is 8.40. The van der Waals surface area contributed by atoms with E-state index < -0.39 is 0 Å². The molecule has 2 N–H and O–H groups in total. The Morgan fingerprint density at radius 2 is 2.05 bits per heavy atom. The van der Waals surface area contributed by atoms with Crippen LogP contribution >= 0.6 is 12.4 Å². The van der Waals surface area contributed by atoms with E-state index in [-0.39, 0.29) is 23.7 Å². The van der Waals surface area contributed by atoms with Crippen LogP contribution in [-0.4, -0.2) is 50.1 Å². The fourth-order valence-corrected chi connectivity index (χ4v) is 2.27. The zero-order chi connectivity index (χ0) is 13.6. The lowest BCUT2D eigenvalue weighted by molar-refractivity contribution is -0.122. The zero-order valence-electron chi connectivity index (χ0n) is 12.8. The van der Waals surface area contributed by atoms with Crippen LogP contribution in [0.15, 0.2) is 0 Å². The Balaban J connectivity index is 0.00000324. The Hall–Kier alpha value is -0.320. The van der Waals surface area contributed by atoms with Crippen molar-refractivity contribution in [1.82, 2.24) is 15.5 Å². The predicted molar refractivity (Wildman–Crippen MR) is 82.9 cm³/mol. The number of amides is 1. The van der Waals surface area contributed by atoms with Gasteiger partial charge in [-0.1, -0.05) is 20.8 Å². The maximum atomic E-state index is 11.8. The molecule has 0 aromatic heterocycles. The average Bonchev–Trinajstić information content (AvgIpc) is 2.27. The third kappa shape index (κ3) is 8.45. The van der Waals surface area contributed by atoms with Crippen LogP contribution in [0.5, 0.6) is 0 Å². The van der Waals surface area contributed by atoms with Crippen molar-refractivity contribution >= 4 is 18.3 Å². The number of nitrogens with zero attached hydrogens (tertiary/aromatic N) is 1. The topological polar surface area (TPSA) is 44.4 Å². The number of carbonyl (C=O) groups is 1. The predicted octanol–water partition coefficient (Wildman–Crippen LogP) is 1.64. The quantitative estimate of drug-likeness (QED) is 0.809. The molecule has 0 spiro atoms. The minimum Gasteiger partial charge on any atom is -0.355 e. The monoisotopic (exact) mass is 291 g/mol. The number of piperidine rings is 1. The Labute approximate surface area is 124 Å². The van der Waals surface area contributed by atoms with E-state index in [1.807, 2.05) is 7.05 Å². The van der Waals surface area contributed by atoms with Crippen LogP contribution in [0.4, 0.5) is 0 Å². The molecule has 4 nitrogen and oxygen atoms in total. The van der Waals surface area contributed by atoms with Gasteiger partial charge in [-0.3, -0.25) is 9.69 Å². The first kappa shape index (κ1) is 18.7. The molecule has 1 rings (SSSR count). The molecule has 19 heavy (non-hydrogen) atoms. The SMILES string of the molecule is CNC1CCCN(CC(=O)NCCC(C)(C)C)C1.Cl. The first-order valence-electron chi connectivity index (χ1n) is 7.07. The van der Waals surface area contributed by atoms with Crippen LogP contribution in [-0.2, 0) is 4.79 Å². The Kier molecular flexibility index (Phi) is 8.62. The molecule has 114 valence electrons. The second kappa shape index (κ2) is 8.77. The smallest absolute Gasteiger partial charge is 0.234 e. The van der Waals surface area contributed by atoms with E-state index in [9.17, 15) is 4.79 Å². The highest BCUT2D eigenvalue weighted by Crippen LogP contribution is 2.16. The molecule has 1 aliphatic rings. The lowest BCUT2D eigenvalue weighted by Crippen LogP contribution is -2.48. The van der Waals surface area contributed by atoms with Crippen molar-refractivity contribution in [1.29, 1.82) is 0 Å². The number of rotatable bonds is 5. The van der Waals surface area contributed by atoms with E-state index in [0.717, 1.165) is 26.1 Å². The maximum absolute atomic E-state index is 11.8. The lowest BCUT2D eigenvalue weighted by atomic mass is 9.92. The molecule has 0 aromatic rings. The molecule has 1 unspecified atom stereocenters. The van der Waals surface area contributed by atoms with E-state index in [1.54, 1.807) is 0 Å². The van der Waals surface area contributed by atoms with Gasteiger partial charge in [-0.15, -0.1) is 12.4 Å². The van der Waals surface area contributed by atoms with E-state index in [2.05, 4.69) is 36.3 Å². The summed E-state index contributed by atoms with van der Waals surface area (Å²) in [5.41, 5.74) is 0.287. The van der Waals surface area contributed by atoms with Crippen LogP contribution in [0.25, 0.3) is 0 Å². The number of likely N-dealkylation sites (tertiary alicyclic amines) is 1. The molecule has 1 atom stereocenters. The molecular formula is C14H30ClN3O. The molecule has 1 fully saturated rings. The first-order valence-corrected chi connectivity index (χ1v) is 7.07. The minimum absolute atomic E-state index is 0. The van der Waals surface area contributed by atoms with Crippen molar-refractivity contribution in [3.05, 3.63) is 0 Å². The summed E-state index contributed by atoms with van der Waals surface area (Å²) in [5, 5.41) is 6.32. The van der Waals surface area contributed by atoms with Crippen LogP contribution in [0.1, 0.15) is 40.0 Å². The van der Waals surface area contributed by atoms with E-state index in [1.165, 1.54) is 12.8 Å². The maximum Gasteiger partial charge on any atom is 0.234 e. The molecular weight excluding hydrogens is 262 g/mol. The Morgan fingerprint density at radius 3 is 2.63 bits per heavy atom. The van der Waals surface area contributed by atoms with Crippen LogP contribution < -0.4 is 10.6 Å². The summed E-state index contributed by atoms with van der Waals surface area (Å²) in [5.74, 6) is 0.163. The highest BCUT2D eigenvalue weighted by atomic mass is 35.5. The van der Waals surface area contributed by atoms with Gasteiger partial charge in [-0.05, 0) is 38.3 Å². The van der Waals surface area contributed by atoms with Crippen LogP contribution in [0.2, 0.25) is 0 Å². The molecule has 0 radical (unpaired) electrons. The lowest BCUT2D eigenvalue weighted by Gasteiger charge is -2.32. The van der Waals surface area contributed by atoms with E-state index >= 15 is 0 Å². The second-order valence-corrected chi connectivity index (χ2v) is 6.52. The summed E-state index contributed by atoms with van der Waals surface area (Å²) < 4.78 is 0. The fraction of sp³-hybridized carbons (Fsp3) is 0.929. The molecule has 0 bridgehead atoms. The third-order valence-corrected chi connectivity index (χ3v) is 3.48. The molecule has 5 heteroatoms. The number of nitrogens with one attached hydrogen (secondary N) is 2. The standard InChI is InChI=1S/C14H29N3O.ClH/c1-14(2,3)7-8-16-13(18)11-17-9-5-6-12(10-17)15-4;/h12,15H,5-11H2,1-4H3,(H,16,18);1H. The van der Waals surface area contributed by atoms with Gasteiger partial charge in [0.2, 0.25) is 5.91 Å². The minimum atomic E-state index is 0. The summed E-state index contributed by atoms with van der Waals surface area (Å²) in [6.07, 6.45) is 3.43.